The molecule has 0 spiro atoms. The molecule has 1 aromatic heterocycles. The van der Waals surface area contributed by atoms with Gasteiger partial charge in [0.25, 0.3) is 0 Å². The molecule has 0 aliphatic rings. The van der Waals surface area contributed by atoms with Crippen molar-refractivity contribution >= 4 is 22.9 Å². The minimum atomic E-state index is -0.211. The van der Waals surface area contributed by atoms with Crippen LogP contribution in [0, 0.1) is 12.7 Å². The summed E-state index contributed by atoms with van der Waals surface area (Å²) in [5.74, 6) is -0.211. The summed E-state index contributed by atoms with van der Waals surface area (Å²) in [6.45, 7) is 3.68. The molecule has 1 atom stereocenters. The van der Waals surface area contributed by atoms with E-state index < -0.39 is 0 Å². The van der Waals surface area contributed by atoms with Crippen molar-refractivity contribution in [2.45, 2.75) is 19.9 Å². The van der Waals surface area contributed by atoms with Gasteiger partial charge in [-0.3, -0.25) is 4.98 Å². The fourth-order valence-corrected chi connectivity index (χ4v) is 2.08. The average Bonchev–Trinajstić information content (AvgIpc) is 2.42. The van der Waals surface area contributed by atoms with Crippen LogP contribution in [0.3, 0.4) is 0 Å². The summed E-state index contributed by atoms with van der Waals surface area (Å²) in [7, 11) is 0. The molecule has 0 fully saturated rings. The lowest BCUT2D eigenvalue weighted by Crippen LogP contribution is -2.16. The maximum atomic E-state index is 13.6. The molecular formula is C15H16FN3S. The molecule has 0 aliphatic heterocycles. The Hall–Kier alpha value is -2.01. The summed E-state index contributed by atoms with van der Waals surface area (Å²) in [6, 6.07) is 8.76. The highest BCUT2D eigenvalue weighted by Gasteiger charge is 2.11. The first-order chi connectivity index (χ1) is 9.49. The Balaban J connectivity index is 2.25. The molecule has 2 aromatic rings. The summed E-state index contributed by atoms with van der Waals surface area (Å²) in [5, 5.41) is 3.26. The Labute approximate surface area is 123 Å². The Morgan fingerprint density at radius 3 is 2.80 bits per heavy atom. The molecule has 3 N–H and O–H groups in total. The molecule has 0 radical (unpaired) electrons. The molecule has 20 heavy (non-hydrogen) atoms. The highest BCUT2D eigenvalue weighted by atomic mass is 32.1. The minimum Gasteiger partial charge on any atom is -0.388 e. The number of aromatic nitrogens is 1. The zero-order valence-electron chi connectivity index (χ0n) is 11.4. The maximum Gasteiger partial charge on any atom is 0.126 e. The van der Waals surface area contributed by atoms with Gasteiger partial charge in [0, 0.05) is 12.2 Å². The van der Waals surface area contributed by atoms with E-state index in [-0.39, 0.29) is 16.8 Å². The summed E-state index contributed by atoms with van der Waals surface area (Å²) < 4.78 is 13.6. The van der Waals surface area contributed by atoms with E-state index in [1.807, 2.05) is 19.1 Å². The lowest BCUT2D eigenvalue weighted by molar-refractivity contribution is 0.614. The second kappa shape index (κ2) is 5.96. The van der Waals surface area contributed by atoms with Gasteiger partial charge in [-0.2, -0.15) is 0 Å². The van der Waals surface area contributed by atoms with E-state index in [0.717, 1.165) is 11.3 Å². The van der Waals surface area contributed by atoms with Crippen molar-refractivity contribution in [3.63, 3.8) is 0 Å². The molecule has 1 heterocycles. The number of anilines is 1. The summed E-state index contributed by atoms with van der Waals surface area (Å²) in [6.07, 6.45) is 1.63. The van der Waals surface area contributed by atoms with Gasteiger partial charge in [-0.25, -0.2) is 4.39 Å². The van der Waals surface area contributed by atoms with E-state index in [9.17, 15) is 4.39 Å². The summed E-state index contributed by atoms with van der Waals surface area (Å²) in [5.41, 5.74) is 8.41. The van der Waals surface area contributed by atoms with Gasteiger partial charge < -0.3 is 11.1 Å². The number of thiocarbonyl (C=S) groups is 1. The number of nitrogens with zero attached hydrogens (tertiary/aromatic N) is 1. The van der Waals surface area contributed by atoms with Crippen LogP contribution in [0.1, 0.15) is 29.8 Å². The Bertz CT molecular complexity index is 643. The Morgan fingerprint density at radius 2 is 2.15 bits per heavy atom. The van der Waals surface area contributed by atoms with Crippen molar-refractivity contribution in [1.29, 1.82) is 0 Å². The summed E-state index contributed by atoms with van der Waals surface area (Å²) in [4.78, 5) is 4.39. The maximum absolute atomic E-state index is 13.6. The molecule has 0 amide bonds. The second-order valence-corrected chi connectivity index (χ2v) is 5.08. The number of nitrogens with one attached hydrogen (secondary N) is 1. The first-order valence-corrected chi connectivity index (χ1v) is 6.67. The number of nitrogens with two attached hydrogens (primary N) is 1. The molecule has 0 aliphatic carbocycles. The number of aryl methyl sites for hydroxylation is 1. The van der Waals surface area contributed by atoms with Gasteiger partial charge >= 0.3 is 0 Å². The number of benzene rings is 1. The van der Waals surface area contributed by atoms with Crippen LogP contribution in [-0.4, -0.2) is 9.97 Å². The molecule has 5 heteroatoms. The van der Waals surface area contributed by atoms with Crippen LogP contribution in [-0.2, 0) is 0 Å². The zero-order chi connectivity index (χ0) is 14.7. The van der Waals surface area contributed by atoms with Crippen LogP contribution in [0.5, 0.6) is 0 Å². The molecule has 2 rings (SSSR count). The third kappa shape index (κ3) is 3.11. The number of hydrogen-bond acceptors (Lipinski definition) is 3. The minimum absolute atomic E-state index is 0.0811. The molecule has 0 saturated carbocycles. The fourth-order valence-electron chi connectivity index (χ4n) is 1.91. The van der Waals surface area contributed by atoms with Crippen LogP contribution in [0.25, 0.3) is 0 Å². The molecule has 1 aromatic carbocycles. The molecule has 0 saturated heterocycles. The topological polar surface area (TPSA) is 50.9 Å². The van der Waals surface area contributed by atoms with Gasteiger partial charge in [0.2, 0.25) is 0 Å². The van der Waals surface area contributed by atoms with Crippen LogP contribution >= 0.6 is 12.2 Å². The monoisotopic (exact) mass is 289 g/mol. The van der Waals surface area contributed by atoms with Crippen molar-refractivity contribution < 1.29 is 4.39 Å². The van der Waals surface area contributed by atoms with Gasteiger partial charge in [0.1, 0.15) is 16.5 Å². The Morgan fingerprint density at radius 1 is 1.40 bits per heavy atom. The zero-order valence-corrected chi connectivity index (χ0v) is 12.2. The highest BCUT2D eigenvalue weighted by molar-refractivity contribution is 7.80. The van der Waals surface area contributed by atoms with E-state index in [1.54, 1.807) is 25.3 Å². The van der Waals surface area contributed by atoms with Gasteiger partial charge in [-0.15, -0.1) is 0 Å². The third-order valence-corrected chi connectivity index (χ3v) is 3.30. The average molecular weight is 289 g/mol. The lowest BCUT2D eigenvalue weighted by Gasteiger charge is -2.18. The Kier molecular flexibility index (Phi) is 4.29. The molecule has 3 nitrogen and oxygen atoms in total. The normalized spacial score (nSPS) is 11.9. The number of hydrogen-bond donors (Lipinski definition) is 2. The smallest absolute Gasteiger partial charge is 0.126 e. The number of pyridine rings is 1. The first kappa shape index (κ1) is 14.4. The number of halogens is 1. The van der Waals surface area contributed by atoms with Crippen molar-refractivity contribution in [3.05, 3.63) is 59.2 Å². The molecule has 104 valence electrons. The number of rotatable bonds is 4. The fraction of sp³-hybridized carbons (Fsp3) is 0.200. The van der Waals surface area contributed by atoms with Gasteiger partial charge in [0.15, 0.2) is 0 Å². The predicted molar refractivity (Wildman–Crippen MR) is 83.3 cm³/mol. The standard InChI is InChI=1S/C15H16FN3S/c1-9-5-6-11(8-12(9)16)10(2)19-13-4-3-7-18-14(13)15(17)20/h3-8,10,19H,1-2H3,(H2,17,20). The molecule has 1 unspecified atom stereocenters. The van der Waals surface area contributed by atoms with Gasteiger partial charge in [-0.05, 0) is 43.2 Å². The van der Waals surface area contributed by atoms with Crippen molar-refractivity contribution in [1.82, 2.24) is 4.98 Å². The van der Waals surface area contributed by atoms with Crippen LogP contribution in [0.4, 0.5) is 10.1 Å². The van der Waals surface area contributed by atoms with Gasteiger partial charge in [-0.1, -0.05) is 24.4 Å². The van der Waals surface area contributed by atoms with Crippen molar-refractivity contribution in [3.8, 4) is 0 Å². The summed E-state index contributed by atoms with van der Waals surface area (Å²) >= 11 is 4.97. The highest BCUT2D eigenvalue weighted by Crippen LogP contribution is 2.22. The van der Waals surface area contributed by atoms with Crippen LogP contribution in [0.2, 0.25) is 0 Å². The second-order valence-electron chi connectivity index (χ2n) is 4.64. The van der Waals surface area contributed by atoms with Crippen molar-refractivity contribution in [2.75, 3.05) is 5.32 Å². The van der Waals surface area contributed by atoms with E-state index in [4.69, 9.17) is 18.0 Å². The first-order valence-electron chi connectivity index (χ1n) is 6.26. The van der Waals surface area contributed by atoms with Gasteiger partial charge in [0.05, 0.1) is 5.69 Å². The molecule has 0 bridgehead atoms. The van der Waals surface area contributed by atoms with Crippen LogP contribution < -0.4 is 11.1 Å². The SMILES string of the molecule is Cc1ccc(C(C)Nc2cccnc2C(N)=S)cc1F. The van der Waals surface area contributed by atoms with E-state index in [2.05, 4.69) is 10.3 Å². The third-order valence-electron chi connectivity index (χ3n) is 3.11. The predicted octanol–water partition coefficient (Wildman–Crippen LogP) is 3.34. The van der Waals surface area contributed by atoms with Crippen LogP contribution in [0.15, 0.2) is 36.5 Å². The molecular weight excluding hydrogens is 273 g/mol. The lowest BCUT2D eigenvalue weighted by atomic mass is 10.1. The van der Waals surface area contributed by atoms with E-state index in [1.165, 1.54) is 6.07 Å². The van der Waals surface area contributed by atoms with Crippen molar-refractivity contribution in [2.24, 2.45) is 5.73 Å². The largest absolute Gasteiger partial charge is 0.388 e. The van der Waals surface area contributed by atoms with E-state index in [0.29, 0.717) is 11.3 Å². The quantitative estimate of drug-likeness (QED) is 0.848. The van der Waals surface area contributed by atoms with E-state index >= 15 is 0 Å².